The van der Waals surface area contributed by atoms with E-state index in [0.717, 1.165) is 11.6 Å². The SMILES string of the molecule is C[C@@H](OC(=O)CCc1ccc(F)cc1)C(=O)Nc1ccc(Cl)cc1F. The van der Waals surface area contributed by atoms with Gasteiger partial charge in [-0.25, -0.2) is 8.78 Å². The summed E-state index contributed by atoms with van der Waals surface area (Å²) in [4.78, 5) is 23.8. The molecule has 2 aromatic rings. The van der Waals surface area contributed by atoms with E-state index in [2.05, 4.69) is 5.32 Å². The second-order valence-electron chi connectivity index (χ2n) is 5.37. The standard InChI is InChI=1S/C18H16ClF2NO3/c1-11(18(24)22-16-8-5-13(19)10-15(16)21)25-17(23)9-4-12-2-6-14(20)7-3-12/h2-3,5-8,10-11H,4,9H2,1H3,(H,22,24)/t11-/m1/s1. The highest BCUT2D eigenvalue weighted by Crippen LogP contribution is 2.19. The van der Waals surface area contributed by atoms with Crippen LogP contribution in [0.3, 0.4) is 0 Å². The average molecular weight is 368 g/mol. The Hall–Kier alpha value is -2.47. The summed E-state index contributed by atoms with van der Waals surface area (Å²) in [5, 5.41) is 2.54. The molecule has 0 saturated heterocycles. The third-order valence-electron chi connectivity index (χ3n) is 3.40. The van der Waals surface area contributed by atoms with Crippen LogP contribution < -0.4 is 5.32 Å². The van der Waals surface area contributed by atoms with Crippen molar-refractivity contribution in [1.82, 2.24) is 0 Å². The molecule has 0 aliphatic rings. The normalized spacial score (nSPS) is 11.7. The van der Waals surface area contributed by atoms with Crippen LogP contribution in [0.5, 0.6) is 0 Å². The van der Waals surface area contributed by atoms with Crippen molar-refractivity contribution in [3.8, 4) is 0 Å². The van der Waals surface area contributed by atoms with E-state index in [1.54, 1.807) is 12.1 Å². The number of hydrogen-bond acceptors (Lipinski definition) is 3. The quantitative estimate of drug-likeness (QED) is 0.781. The molecule has 2 rings (SSSR count). The number of rotatable bonds is 6. The molecule has 2 aromatic carbocycles. The molecule has 0 aliphatic heterocycles. The molecule has 1 N–H and O–H groups in total. The van der Waals surface area contributed by atoms with E-state index in [0.29, 0.717) is 6.42 Å². The Kier molecular flexibility index (Phi) is 6.47. The van der Waals surface area contributed by atoms with Gasteiger partial charge in [0.25, 0.3) is 5.91 Å². The first-order valence-corrected chi connectivity index (χ1v) is 7.93. The number of ether oxygens (including phenoxy) is 1. The first-order valence-electron chi connectivity index (χ1n) is 7.55. The zero-order valence-corrected chi connectivity index (χ0v) is 14.1. The lowest BCUT2D eigenvalue weighted by atomic mass is 10.1. The van der Waals surface area contributed by atoms with Crippen LogP contribution in [0.25, 0.3) is 0 Å². The van der Waals surface area contributed by atoms with Crippen LogP contribution in [0.4, 0.5) is 14.5 Å². The highest BCUT2D eigenvalue weighted by molar-refractivity contribution is 6.30. The van der Waals surface area contributed by atoms with E-state index in [4.69, 9.17) is 16.3 Å². The summed E-state index contributed by atoms with van der Waals surface area (Å²) < 4.78 is 31.5. The topological polar surface area (TPSA) is 55.4 Å². The number of benzene rings is 2. The summed E-state index contributed by atoms with van der Waals surface area (Å²) in [6.07, 6.45) is -0.687. The smallest absolute Gasteiger partial charge is 0.306 e. The summed E-state index contributed by atoms with van der Waals surface area (Å²) in [7, 11) is 0. The number of aryl methyl sites for hydroxylation is 1. The molecule has 1 amide bonds. The number of esters is 1. The zero-order valence-electron chi connectivity index (χ0n) is 13.4. The number of hydrogen-bond donors (Lipinski definition) is 1. The Morgan fingerprint density at radius 1 is 1.16 bits per heavy atom. The molecule has 7 heteroatoms. The van der Waals surface area contributed by atoms with Crippen molar-refractivity contribution < 1.29 is 23.1 Å². The van der Waals surface area contributed by atoms with Crippen molar-refractivity contribution >= 4 is 29.2 Å². The van der Waals surface area contributed by atoms with Crippen molar-refractivity contribution in [1.29, 1.82) is 0 Å². The fourth-order valence-corrected chi connectivity index (χ4v) is 2.19. The summed E-state index contributed by atoms with van der Waals surface area (Å²) in [6.45, 7) is 1.39. The van der Waals surface area contributed by atoms with Crippen molar-refractivity contribution in [2.45, 2.75) is 25.9 Å². The predicted octanol–water partition coefficient (Wildman–Crippen LogP) is 4.12. The minimum atomic E-state index is -1.09. The van der Waals surface area contributed by atoms with Crippen LogP contribution in [-0.4, -0.2) is 18.0 Å². The average Bonchev–Trinajstić information content (AvgIpc) is 2.56. The molecule has 0 aromatic heterocycles. The van der Waals surface area contributed by atoms with Crippen LogP contribution >= 0.6 is 11.6 Å². The third-order valence-corrected chi connectivity index (χ3v) is 3.63. The molecule has 132 valence electrons. The van der Waals surface area contributed by atoms with E-state index in [9.17, 15) is 18.4 Å². The molecule has 0 unspecified atom stereocenters. The van der Waals surface area contributed by atoms with Gasteiger partial charge in [-0.05, 0) is 49.2 Å². The molecule has 0 fully saturated rings. The van der Waals surface area contributed by atoms with Gasteiger partial charge in [0.05, 0.1) is 5.69 Å². The molecule has 25 heavy (non-hydrogen) atoms. The van der Waals surface area contributed by atoms with Gasteiger partial charge >= 0.3 is 5.97 Å². The van der Waals surface area contributed by atoms with Gasteiger partial charge in [0.1, 0.15) is 11.6 Å². The first kappa shape index (κ1) is 18.9. The summed E-state index contributed by atoms with van der Waals surface area (Å²) in [5.41, 5.74) is 0.724. The fourth-order valence-electron chi connectivity index (χ4n) is 2.03. The number of carbonyl (C=O) groups excluding carboxylic acids is 2. The van der Waals surface area contributed by atoms with Crippen molar-refractivity contribution in [3.05, 3.63) is 64.7 Å². The van der Waals surface area contributed by atoms with Crippen molar-refractivity contribution in [2.75, 3.05) is 5.32 Å². The lowest BCUT2D eigenvalue weighted by Crippen LogP contribution is -2.30. The second kappa shape index (κ2) is 8.58. The van der Waals surface area contributed by atoms with Gasteiger partial charge in [0, 0.05) is 11.4 Å². The molecule has 0 spiro atoms. The minimum absolute atomic E-state index is 0.0402. The number of nitrogens with one attached hydrogen (secondary N) is 1. The Morgan fingerprint density at radius 2 is 1.84 bits per heavy atom. The molecule has 1 atom stereocenters. The lowest BCUT2D eigenvalue weighted by molar-refractivity contribution is -0.153. The fraction of sp³-hybridized carbons (Fsp3) is 0.222. The molecule has 4 nitrogen and oxygen atoms in total. The second-order valence-corrected chi connectivity index (χ2v) is 5.81. The van der Waals surface area contributed by atoms with Crippen LogP contribution in [-0.2, 0) is 20.7 Å². The molecular formula is C18H16ClF2NO3. The highest BCUT2D eigenvalue weighted by Gasteiger charge is 2.19. The number of carbonyl (C=O) groups is 2. The van der Waals surface area contributed by atoms with E-state index < -0.39 is 23.8 Å². The number of halogens is 3. The summed E-state index contributed by atoms with van der Waals surface area (Å²) >= 11 is 5.64. The van der Waals surface area contributed by atoms with Crippen LogP contribution in [0, 0.1) is 11.6 Å². The third kappa shape index (κ3) is 5.83. The summed E-state index contributed by atoms with van der Waals surface area (Å²) in [6, 6.07) is 9.56. The van der Waals surface area contributed by atoms with Gasteiger partial charge in [-0.1, -0.05) is 23.7 Å². The predicted molar refractivity (Wildman–Crippen MR) is 90.3 cm³/mol. The maximum atomic E-state index is 13.6. The molecule has 0 heterocycles. The maximum Gasteiger partial charge on any atom is 0.306 e. The van der Waals surface area contributed by atoms with Gasteiger partial charge < -0.3 is 10.1 Å². The number of amides is 1. The monoisotopic (exact) mass is 367 g/mol. The summed E-state index contributed by atoms with van der Waals surface area (Å²) in [5.74, 6) is -2.28. The minimum Gasteiger partial charge on any atom is -0.453 e. The van der Waals surface area contributed by atoms with Gasteiger partial charge in [-0.2, -0.15) is 0 Å². The molecule has 0 saturated carbocycles. The maximum absolute atomic E-state index is 13.6. The van der Waals surface area contributed by atoms with Crippen LogP contribution in [0.1, 0.15) is 18.9 Å². The van der Waals surface area contributed by atoms with E-state index >= 15 is 0 Å². The Morgan fingerprint density at radius 3 is 2.48 bits per heavy atom. The molecule has 0 aliphatic carbocycles. The van der Waals surface area contributed by atoms with E-state index in [-0.39, 0.29) is 22.9 Å². The Bertz CT molecular complexity index is 765. The Labute approximate surface area is 148 Å². The van der Waals surface area contributed by atoms with Gasteiger partial charge in [0.2, 0.25) is 0 Å². The molecule has 0 bridgehead atoms. The van der Waals surface area contributed by atoms with Gasteiger partial charge in [-0.3, -0.25) is 9.59 Å². The van der Waals surface area contributed by atoms with E-state index in [1.165, 1.54) is 31.2 Å². The Balaban J connectivity index is 1.83. The first-order chi connectivity index (χ1) is 11.8. The molecular weight excluding hydrogens is 352 g/mol. The van der Waals surface area contributed by atoms with Crippen LogP contribution in [0.2, 0.25) is 5.02 Å². The largest absolute Gasteiger partial charge is 0.453 e. The van der Waals surface area contributed by atoms with Crippen LogP contribution in [0.15, 0.2) is 42.5 Å². The highest BCUT2D eigenvalue weighted by atomic mass is 35.5. The lowest BCUT2D eigenvalue weighted by Gasteiger charge is -2.14. The van der Waals surface area contributed by atoms with Gasteiger partial charge in [0.15, 0.2) is 6.10 Å². The van der Waals surface area contributed by atoms with Gasteiger partial charge in [-0.15, -0.1) is 0 Å². The number of anilines is 1. The molecule has 0 radical (unpaired) electrons. The van der Waals surface area contributed by atoms with Crippen molar-refractivity contribution in [2.24, 2.45) is 0 Å². The van der Waals surface area contributed by atoms with Crippen molar-refractivity contribution in [3.63, 3.8) is 0 Å². The van der Waals surface area contributed by atoms with E-state index in [1.807, 2.05) is 0 Å². The zero-order chi connectivity index (χ0) is 18.4.